The molecule has 2 aromatic rings. The summed E-state index contributed by atoms with van der Waals surface area (Å²) < 4.78 is 18.5. The molecule has 1 fully saturated rings. The Morgan fingerprint density at radius 3 is 2.00 bits per heavy atom. The van der Waals surface area contributed by atoms with E-state index in [1.165, 1.54) is 11.8 Å². The van der Waals surface area contributed by atoms with Crippen LogP contribution < -0.4 is 0 Å². The standard InChI is InChI=1S/C12H14ClFO2S.C7H7ClO/c13-9-3-1-8(2-4-9)6-16-7-10-5-11(14)12(15)17-10;8-7-3-1-6(5-9)2-4-7/h1-4,10-12,15H,5-7H2;1-4,9H,5H2. The van der Waals surface area contributed by atoms with Crippen LogP contribution in [0, 0.1) is 0 Å². The zero-order valence-electron chi connectivity index (χ0n) is 14.0. The molecular weight excluding hydrogens is 398 g/mol. The normalized spacial score (nSPS) is 22.0. The van der Waals surface area contributed by atoms with Gasteiger partial charge < -0.3 is 14.9 Å². The molecule has 0 aliphatic carbocycles. The molecule has 1 heterocycles. The molecule has 3 atom stereocenters. The van der Waals surface area contributed by atoms with Gasteiger partial charge in [-0.05, 0) is 41.8 Å². The molecule has 142 valence electrons. The first-order valence-electron chi connectivity index (χ1n) is 8.13. The Morgan fingerprint density at radius 2 is 1.54 bits per heavy atom. The molecule has 3 unspecified atom stereocenters. The highest BCUT2D eigenvalue weighted by molar-refractivity contribution is 8.00. The third kappa shape index (κ3) is 7.43. The van der Waals surface area contributed by atoms with Crippen LogP contribution in [0.1, 0.15) is 17.5 Å². The second-order valence-corrected chi connectivity index (χ2v) is 8.12. The Balaban J connectivity index is 0.000000228. The zero-order valence-corrected chi connectivity index (χ0v) is 16.4. The number of alkyl halides is 1. The van der Waals surface area contributed by atoms with E-state index in [4.69, 9.17) is 33.0 Å². The summed E-state index contributed by atoms with van der Waals surface area (Å²) >= 11 is 12.6. The van der Waals surface area contributed by atoms with E-state index >= 15 is 0 Å². The molecule has 0 bridgehead atoms. The van der Waals surface area contributed by atoms with Crippen LogP contribution in [0.15, 0.2) is 48.5 Å². The molecule has 0 aromatic heterocycles. The number of hydrogen-bond acceptors (Lipinski definition) is 4. The average Bonchev–Trinajstić information content (AvgIpc) is 2.96. The van der Waals surface area contributed by atoms with Crippen molar-refractivity contribution in [1.29, 1.82) is 0 Å². The van der Waals surface area contributed by atoms with Gasteiger partial charge in [-0.25, -0.2) is 4.39 Å². The Labute approximate surface area is 167 Å². The molecule has 2 aromatic carbocycles. The van der Waals surface area contributed by atoms with E-state index < -0.39 is 11.6 Å². The minimum atomic E-state index is -1.12. The molecule has 1 aliphatic heterocycles. The fourth-order valence-electron chi connectivity index (χ4n) is 2.29. The quantitative estimate of drug-likeness (QED) is 0.728. The maximum atomic E-state index is 13.0. The molecule has 0 saturated carbocycles. The van der Waals surface area contributed by atoms with Crippen molar-refractivity contribution in [3.05, 3.63) is 69.7 Å². The van der Waals surface area contributed by atoms with Gasteiger partial charge in [-0.1, -0.05) is 47.5 Å². The van der Waals surface area contributed by atoms with Crippen LogP contribution in [0.5, 0.6) is 0 Å². The smallest absolute Gasteiger partial charge is 0.136 e. The SMILES string of the molecule is OC1SC(COCc2ccc(Cl)cc2)CC1F.OCc1ccc(Cl)cc1. The van der Waals surface area contributed by atoms with Crippen molar-refractivity contribution < 1.29 is 19.3 Å². The lowest BCUT2D eigenvalue weighted by Gasteiger charge is -2.09. The van der Waals surface area contributed by atoms with Crippen LogP contribution in [-0.2, 0) is 18.0 Å². The van der Waals surface area contributed by atoms with Gasteiger partial charge in [0.1, 0.15) is 11.6 Å². The number of halogens is 3. The first kappa shape index (κ1) is 21.5. The molecule has 3 rings (SSSR count). The van der Waals surface area contributed by atoms with Gasteiger partial charge in [0.25, 0.3) is 0 Å². The summed E-state index contributed by atoms with van der Waals surface area (Å²) in [5, 5.41) is 19.3. The average molecular weight is 419 g/mol. The van der Waals surface area contributed by atoms with Crippen LogP contribution >= 0.6 is 35.0 Å². The summed E-state index contributed by atoms with van der Waals surface area (Å²) in [5.74, 6) is 0. The van der Waals surface area contributed by atoms with Crippen molar-refractivity contribution in [3.63, 3.8) is 0 Å². The second-order valence-electron chi connectivity index (χ2n) is 5.83. The molecule has 0 radical (unpaired) electrons. The van der Waals surface area contributed by atoms with Crippen molar-refractivity contribution in [1.82, 2.24) is 0 Å². The van der Waals surface area contributed by atoms with Gasteiger partial charge in [-0.3, -0.25) is 0 Å². The van der Waals surface area contributed by atoms with E-state index in [1.807, 2.05) is 24.3 Å². The maximum Gasteiger partial charge on any atom is 0.136 e. The first-order chi connectivity index (χ1) is 12.5. The summed E-state index contributed by atoms with van der Waals surface area (Å²) in [4.78, 5) is 0. The Hall–Kier alpha value is -0.820. The van der Waals surface area contributed by atoms with Gasteiger partial charge in [0.15, 0.2) is 0 Å². The lowest BCUT2D eigenvalue weighted by molar-refractivity contribution is 0.111. The fourth-order valence-corrected chi connectivity index (χ4v) is 3.69. The van der Waals surface area contributed by atoms with Gasteiger partial charge in [-0.15, -0.1) is 11.8 Å². The van der Waals surface area contributed by atoms with Gasteiger partial charge in [0.2, 0.25) is 0 Å². The van der Waals surface area contributed by atoms with Crippen molar-refractivity contribution >= 4 is 35.0 Å². The zero-order chi connectivity index (χ0) is 18.9. The fraction of sp³-hybridized carbons (Fsp3) is 0.368. The van der Waals surface area contributed by atoms with E-state index in [2.05, 4.69) is 0 Å². The van der Waals surface area contributed by atoms with E-state index in [-0.39, 0.29) is 11.9 Å². The van der Waals surface area contributed by atoms with E-state index in [1.54, 1.807) is 24.3 Å². The summed E-state index contributed by atoms with van der Waals surface area (Å²) in [6.45, 7) is 1.03. The van der Waals surface area contributed by atoms with Crippen LogP contribution in [0.4, 0.5) is 4.39 Å². The van der Waals surface area contributed by atoms with Crippen LogP contribution in [0.3, 0.4) is 0 Å². The minimum absolute atomic E-state index is 0.0484. The van der Waals surface area contributed by atoms with Gasteiger partial charge in [0, 0.05) is 15.3 Å². The summed E-state index contributed by atoms with van der Waals surface area (Å²) in [6, 6.07) is 14.5. The van der Waals surface area contributed by atoms with Crippen molar-refractivity contribution in [2.45, 2.75) is 36.5 Å². The van der Waals surface area contributed by atoms with Crippen LogP contribution in [-0.4, -0.2) is 33.7 Å². The molecule has 26 heavy (non-hydrogen) atoms. The highest BCUT2D eigenvalue weighted by atomic mass is 35.5. The molecule has 1 aliphatic rings. The van der Waals surface area contributed by atoms with Crippen LogP contribution in [0.25, 0.3) is 0 Å². The first-order valence-corrected chi connectivity index (χ1v) is 9.83. The number of aliphatic hydroxyl groups excluding tert-OH is 2. The van der Waals surface area contributed by atoms with E-state index in [0.717, 1.165) is 11.1 Å². The van der Waals surface area contributed by atoms with E-state index in [9.17, 15) is 9.50 Å². The summed E-state index contributed by atoms with van der Waals surface area (Å²) in [5.41, 5.74) is 1.04. The van der Waals surface area contributed by atoms with Gasteiger partial charge in [0.05, 0.1) is 19.8 Å². The van der Waals surface area contributed by atoms with Gasteiger partial charge in [-0.2, -0.15) is 0 Å². The molecule has 0 amide bonds. The number of ether oxygens (including phenoxy) is 1. The molecule has 7 heteroatoms. The van der Waals surface area contributed by atoms with Crippen molar-refractivity contribution in [3.8, 4) is 0 Å². The minimum Gasteiger partial charge on any atom is -0.392 e. The highest BCUT2D eigenvalue weighted by Crippen LogP contribution is 2.34. The lowest BCUT2D eigenvalue weighted by Crippen LogP contribution is -2.11. The molecular formula is C19H21Cl2FO3S. The summed E-state index contributed by atoms with van der Waals surface area (Å²) in [7, 11) is 0. The summed E-state index contributed by atoms with van der Waals surface area (Å²) in [6.07, 6.45) is -0.754. The number of benzene rings is 2. The Bertz CT molecular complexity index is 645. The molecule has 2 N–H and O–H groups in total. The van der Waals surface area contributed by atoms with Crippen LogP contribution in [0.2, 0.25) is 10.0 Å². The Morgan fingerprint density at radius 1 is 1.00 bits per heavy atom. The maximum absolute atomic E-state index is 13.0. The highest BCUT2D eigenvalue weighted by Gasteiger charge is 2.33. The third-order valence-electron chi connectivity index (χ3n) is 3.71. The number of rotatable bonds is 5. The van der Waals surface area contributed by atoms with E-state index in [0.29, 0.717) is 29.7 Å². The van der Waals surface area contributed by atoms with Gasteiger partial charge >= 0.3 is 0 Å². The predicted octanol–water partition coefficient (Wildman–Crippen LogP) is 4.85. The predicted molar refractivity (Wildman–Crippen MR) is 105 cm³/mol. The van der Waals surface area contributed by atoms with Crippen molar-refractivity contribution in [2.24, 2.45) is 0 Å². The number of thioether (sulfide) groups is 1. The largest absolute Gasteiger partial charge is 0.392 e. The monoisotopic (exact) mass is 418 g/mol. The molecule has 1 saturated heterocycles. The second kappa shape index (κ2) is 11.1. The Kier molecular flexibility index (Phi) is 9.19. The number of hydrogen-bond donors (Lipinski definition) is 2. The number of aliphatic hydroxyl groups is 2. The topological polar surface area (TPSA) is 49.7 Å². The lowest BCUT2D eigenvalue weighted by atomic mass is 10.2. The van der Waals surface area contributed by atoms with Crippen molar-refractivity contribution in [2.75, 3.05) is 6.61 Å². The molecule has 3 nitrogen and oxygen atoms in total. The third-order valence-corrected chi connectivity index (χ3v) is 5.50. The molecule has 0 spiro atoms.